The van der Waals surface area contributed by atoms with Gasteiger partial charge in [-0.2, -0.15) is 0 Å². The summed E-state index contributed by atoms with van der Waals surface area (Å²) in [7, 11) is 0. The molecule has 3 unspecified atom stereocenters. The summed E-state index contributed by atoms with van der Waals surface area (Å²) in [5.41, 5.74) is 5.10. The Bertz CT molecular complexity index is 171. The van der Waals surface area contributed by atoms with Gasteiger partial charge in [-0.25, -0.2) is 0 Å². The summed E-state index contributed by atoms with van der Waals surface area (Å²) in [4.78, 5) is 0. The van der Waals surface area contributed by atoms with Gasteiger partial charge in [0.05, 0.1) is 11.7 Å². The van der Waals surface area contributed by atoms with E-state index in [-0.39, 0.29) is 12.0 Å². The van der Waals surface area contributed by atoms with Gasteiger partial charge in [-0.15, -0.1) is 0 Å². The van der Waals surface area contributed by atoms with Crippen LogP contribution in [0.25, 0.3) is 0 Å². The molecule has 1 aliphatic rings. The standard InChI is InChI=1S/C11H23NO2/c1-3-9(8-12)11(13)5-6-14-10(4-2)7-11/h9-10,13H,3-8,12H2,1-2H3. The van der Waals surface area contributed by atoms with E-state index >= 15 is 0 Å². The Morgan fingerprint density at radius 3 is 2.79 bits per heavy atom. The first kappa shape index (κ1) is 12.0. The van der Waals surface area contributed by atoms with Gasteiger partial charge in [-0.1, -0.05) is 13.8 Å². The molecule has 1 heterocycles. The van der Waals surface area contributed by atoms with Gasteiger partial charge in [0.25, 0.3) is 0 Å². The minimum Gasteiger partial charge on any atom is -0.389 e. The second-order valence-electron chi connectivity index (χ2n) is 4.30. The predicted octanol–water partition coefficient (Wildman–Crippen LogP) is 1.29. The van der Waals surface area contributed by atoms with Gasteiger partial charge in [-0.05, 0) is 31.7 Å². The van der Waals surface area contributed by atoms with Crippen LogP contribution in [-0.4, -0.2) is 30.0 Å². The van der Waals surface area contributed by atoms with Crippen molar-refractivity contribution in [1.29, 1.82) is 0 Å². The van der Waals surface area contributed by atoms with Gasteiger partial charge >= 0.3 is 0 Å². The van der Waals surface area contributed by atoms with Crippen LogP contribution in [0.5, 0.6) is 0 Å². The molecular weight excluding hydrogens is 178 g/mol. The molecule has 1 saturated heterocycles. The lowest BCUT2D eigenvalue weighted by molar-refractivity contribution is -0.131. The fourth-order valence-corrected chi connectivity index (χ4v) is 2.36. The molecule has 1 aliphatic heterocycles. The first-order valence-electron chi connectivity index (χ1n) is 5.70. The Morgan fingerprint density at radius 1 is 1.57 bits per heavy atom. The van der Waals surface area contributed by atoms with Crippen LogP contribution in [0.1, 0.15) is 39.5 Å². The molecule has 0 radical (unpaired) electrons. The number of hydrogen-bond acceptors (Lipinski definition) is 3. The van der Waals surface area contributed by atoms with E-state index in [1.165, 1.54) is 0 Å². The molecule has 0 aromatic heterocycles. The minimum absolute atomic E-state index is 0.217. The van der Waals surface area contributed by atoms with E-state index in [2.05, 4.69) is 13.8 Å². The quantitative estimate of drug-likeness (QED) is 0.720. The van der Waals surface area contributed by atoms with Crippen LogP contribution >= 0.6 is 0 Å². The molecule has 0 aromatic rings. The average Bonchev–Trinajstić information content (AvgIpc) is 2.19. The summed E-state index contributed by atoms with van der Waals surface area (Å²) in [6, 6.07) is 0. The fraction of sp³-hybridized carbons (Fsp3) is 1.00. The van der Waals surface area contributed by atoms with Crippen LogP contribution in [0.3, 0.4) is 0 Å². The number of rotatable bonds is 4. The zero-order valence-electron chi connectivity index (χ0n) is 9.33. The van der Waals surface area contributed by atoms with E-state index in [0.29, 0.717) is 13.2 Å². The van der Waals surface area contributed by atoms with Crippen molar-refractivity contribution in [3.8, 4) is 0 Å². The molecular formula is C11H23NO2. The third-order valence-corrected chi connectivity index (χ3v) is 3.46. The maximum Gasteiger partial charge on any atom is 0.0734 e. The van der Waals surface area contributed by atoms with Crippen molar-refractivity contribution in [1.82, 2.24) is 0 Å². The summed E-state index contributed by atoms with van der Waals surface area (Å²) < 4.78 is 5.56. The summed E-state index contributed by atoms with van der Waals surface area (Å²) in [6.45, 7) is 5.43. The van der Waals surface area contributed by atoms with Gasteiger partial charge in [-0.3, -0.25) is 0 Å². The summed E-state index contributed by atoms with van der Waals surface area (Å²) in [5.74, 6) is 0.223. The van der Waals surface area contributed by atoms with E-state index in [1.54, 1.807) is 0 Å². The van der Waals surface area contributed by atoms with Crippen molar-refractivity contribution < 1.29 is 9.84 Å². The van der Waals surface area contributed by atoms with E-state index in [4.69, 9.17) is 10.5 Å². The largest absolute Gasteiger partial charge is 0.389 e. The third kappa shape index (κ3) is 2.47. The van der Waals surface area contributed by atoms with Crippen molar-refractivity contribution >= 4 is 0 Å². The summed E-state index contributed by atoms with van der Waals surface area (Å²) in [6.07, 6.45) is 3.62. The molecule has 3 heteroatoms. The summed E-state index contributed by atoms with van der Waals surface area (Å²) in [5, 5.41) is 10.5. The lowest BCUT2D eigenvalue weighted by Crippen LogP contribution is -2.48. The molecule has 0 aromatic carbocycles. The number of aliphatic hydroxyl groups is 1. The monoisotopic (exact) mass is 201 g/mol. The van der Waals surface area contributed by atoms with Crippen molar-refractivity contribution in [2.24, 2.45) is 11.7 Å². The molecule has 14 heavy (non-hydrogen) atoms. The van der Waals surface area contributed by atoms with E-state index in [1.807, 2.05) is 0 Å². The molecule has 0 saturated carbocycles. The van der Waals surface area contributed by atoms with E-state index < -0.39 is 5.60 Å². The molecule has 0 amide bonds. The Kier molecular flexibility index (Phi) is 4.35. The van der Waals surface area contributed by atoms with Crippen molar-refractivity contribution in [2.75, 3.05) is 13.2 Å². The second-order valence-corrected chi connectivity index (χ2v) is 4.30. The second kappa shape index (κ2) is 5.10. The number of nitrogens with two attached hydrogens (primary N) is 1. The predicted molar refractivity (Wildman–Crippen MR) is 57.1 cm³/mol. The summed E-state index contributed by atoms with van der Waals surface area (Å²) >= 11 is 0. The average molecular weight is 201 g/mol. The Balaban J connectivity index is 2.61. The topological polar surface area (TPSA) is 55.5 Å². The molecule has 3 N–H and O–H groups in total. The maximum absolute atomic E-state index is 10.5. The van der Waals surface area contributed by atoms with E-state index in [0.717, 1.165) is 25.7 Å². The van der Waals surface area contributed by atoms with Crippen LogP contribution in [0.15, 0.2) is 0 Å². The Hall–Kier alpha value is -0.120. The SMILES string of the molecule is CCC1CC(O)(C(CC)CN)CCO1. The minimum atomic E-state index is -0.581. The molecule has 1 fully saturated rings. The maximum atomic E-state index is 10.5. The lowest BCUT2D eigenvalue weighted by atomic mass is 9.77. The highest BCUT2D eigenvalue weighted by atomic mass is 16.5. The first-order valence-corrected chi connectivity index (χ1v) is 5.70. The number of ether oxygens (including phenoxy) is 1. The number of hydrogen-bond donors (Lipinski definition) is 2. The highest BCUT2D eigenvalue weighted by Gasteiger charge is 2.39. The molecule has 3 nitrogen and oxygen atoms in total. The smallest absolute Gasteiger partial charge is 0.0734 e. The molecule has 3 atom stereocenters. The molecule has 1 rings (SSSR count). The van der Waals surface area contributed by atoms with Gasteiger partial charge in [0.15, 0.2) is 0 Å². The van der Waals surface area contributed by atoms with E-state index in [9.17, 15) is 5.11 Å². The molecule has 0 bridgehead atoms. The van der Waals surface area contributed by atoms with Crippen LogP contribution in [0.4, 0.5) is 0 Å². The van der Waals surface area contributed by atoms with Crippen molar-refractivity contribution in [3.05, 3.63) is 0 Å². The molecule has 84 valence electrons. The molecule has 0 aliphatic carbocycles. The van der Waals surface area contributed by atoms with Gasteiger partial charge in [0.2, 0.25) is 0 Å². The first-order chi connectivity index (χ1) is 6.66. The molecule has 0 spiro atoms. The van der Waals surface area contributed by atoms with Crippen LogP contribution in [0, 0.1) is 5.92 Å². The Morgan fingerprint density at radius 2 is 2.29 bits per heavy atom. The lowest BCUT2D eigenvalue weighted by Gasteiger charge is -2.41. The van der Waals surface area contributed by atoms with Gasteiger partial charge in [0.1, 0.15) is 0 Å². The van der Waals surface area contributed by atoms with Crippen LogP contribution in [0.2, 0.25) is 0 Å². The third-order valence-electron chi connectivity index (χ3n) is 3.46. The van der Waals surface area contributed by atoms with Crippen molar-refractivity contribution in [2.45, 2.75) is 51.2 Å². The normalized spacial score (nSPS) is 35.6. The Labute approximate surface area is 86.6 Å². The highest BCUT2D eigenvalue weighted by Crippen LogP contribution is 2.34. The van der Waals surface area contributed by atoms with Gasteiger partial charge in [0, 0.05) is 13.0 Å². The van der Waals surface area contributed by atoms with Crippen LogP contribution in [-0.2, 0) is 4.74 Å². The highest BCUT2D eigenvalue weighted by molar-refractivity contribution is 4.91. The fourth-order valence-electron chi connectivity index (χ4n) is 2.36. The van der Waals surface area contributed by atoms with Crippen LogP contribution < -0.4 is 5.73 Å². The zero-order chi connectivity index (χ0) is 10.6. The van der Waals surface area contributed by atoms with Crippen molar-refractivity contribution in [3.63, 3.8) is 0 Å². The van der Waals surface area contributed by atoms with Gasteiger partial charge < -0.3 is 15.6 Å². The zero-order valence-corrected chi connectivity index (χ0v) is 9.33.